The van der Waals surface area contributed by atoms with Crippen LogP contribution in [0.3, 0.4) is 0 Å². The zero-order valence-corrected chi connectivity index (χ0v) is 12.6. The summed E-state index contributed by atoms with van der Waals surface area (Å²) in [6, 6.07) is 10.6. The third-order valence-electron chi connectivity index (χ3n) is 2.80. The van der Waals surface area contributed by atoms with Crippen molar-refractivity contribution in [1.82, 2.24) is 4.98 Å². The highest BCUT2D eigenvalue weighted by molar-refractivity contribution is 7.20. The van der Waals surface area contributed by atoms with Crippen molar-refractivity contribution in [2.24, 2.45) is 0 Å². The molecule has 0 aliphatic rings. The number of hydrogen-bond donors (Lipinski definition) is 2. The molecule has 2 aromatic heterocycles. The summed E-state index contributed by atoms with van der Waals surface area (Å²) in [5, 5.41) is 17.1. The van der Waals surface area contributed by atoms with Crippen molar-refractivity contribution in [1.29, 1.82) is 0 Å². The zero-order chi connectivity index (χ0) is 14.7. The van der Waals surface area contributed by atoms with Crippen LogP contribution in [-0.4, -0.2) is 16.0 Å². The standard InChI is InChI=1S/C15H12N2O2S2/c18-12-5-2-1-4-11(12)17-14(19)8-10-9-21-15(16-10)13-6-3-7-20-13/h1-7,9,18H,8H2,(H,17,19). The van der Waals surface area contributed by atoms with Crippen LogP contribution in [-0.2, 0) is 11.2 Å². The molecule has 0 aliphatic carbocycles. The molecule has 0 unspecified atom stereocenters. The van der Waals surface area contributed by atoms with Crippen LogP contribution in [0, 0.1) is 0 Å². The number of nitrogens with zero attached hydrogens (tertiary/aromatic N) is 1. The van der Waals surface area contributed by atoms with Gasteiger partial charge >= 0.3 is 0 Å². The Morgan fingerprint density at radius 1 is 1.19 bits per heavy atom. The highest BCUT2D eigenvalue weighted by Gasteiger charge is 2.11. The Balaban J connectivity index is 1.67. The highest BCUT2D eigenvalue weighted by atomic mass is 32.1. The first-order chi connectivity index (χ1) is 10.2. The second-order valence-electron chi connectivity index (χ2n) is 4.36. The van der Waals surface area contributed by atoms with Crippen molar-refractivity contribution in [3.05, 3.63) is 52.9 Å². The van der Waals surface area contributed by atoms with Crippen LogP contribution in [0.25, 0.3) is 9.88 Å². The fraction of sp³-hybridized carbons (Fsp3) is 0.0667. The molecule has 4 nitrogen and oxygen atoms in total. The quantitative estimate of drug-likeness (QED) is 0.720. The van der Waals surface area contributed by atoms with E-state index in [1.54, 1.807) is 29.5 Å². The van der Waals surface area contributed by atoms with Gasteiger partial charge in [-0.25, -0.2) is 4.98 Å². The van der Waals surface area contributed by atoms with E-state index >= 15 is 0 Å². The van der Waals surface area contributed by atoms with E-state index in [-0.39, 0.29) is 18.1 Å². The smallest absolute Gasteiger partial charge is 0.230 e. The minimum atomic E-state index is -0.195. The lowest BCUT2D eigenvalue weighted by atomic mass is 10.2. The van der Waals surface area contributed by atoms with Gasteiger partial charge in [0.15, 0.2) is 0 Å². The third-order valence-corrected chi connectivity index (χ3v) is 4.73. The number of carbonyl (C=O) groups is 1. The summed E-state index contributed by atoms with van der Waals surface area (Å²) in [5.74, 6) is -0.136. The molecule has 0 spiro atoms. The number of thiazole rings is 1. The van der Waals surface area contributed by atoms with Crippen molar-refractivity contribution >= 4 is 34.3 Å². The van der Waals surface area contributed by atoms with Crippen LogP contribution >= 0.6 is 22.7 Å². The summed E-state index contributed by atoms with van der Waals surface area (Å²) in [4.78, 5) is 17.5. The van der Waals surface area contributed by atoms with Gasteiger partial charge in [-0.15, -0.1) is 22.7 Å². The molecule has 1 amide bonds. The first-order valence-corrected chi connectivity index (χ1v) is 8.04. The van der Waals surface area contributed by atoms with E-state index < -0.39 is 0 Å². The Hall–Kier alpha value is -2.18. The summed E-state index contributed by atoms with van der Waals surface area (Å²) in [6.45, 7) is 0. The average molecular weight is 316 g/mol. The molecule has 21 heavy (non-hydrogen) atoms. The molecule has 0 radical (unpaired) electrons. The van der Waals surface area contributed by atoms with E-state index in [4.69, 9.17) is 0 Å². The molecule has 3 rings (SSSR count). The molecular weight excluding hydrogens is 304 g/mol. The molecule has 0 saturated carbocycles. The number of rotatable bonds is 4. The van der Waals surface area contributed by atoms with Crippen molar-refractivity contribution in [3.63, 3.8) is 0 Å². The van der Waals surface area contributed by atoms with Gasteiger partial charge in [0.25, 0.3) is 0 Å². The molecule has 2 N–H and O–H groups in total. The van der Waals surface area contributed by atoms with Crippen LogP contribution < -0.4 is 5.32 Å². The summed E-state index contributed by atoms with van der Waals surface area (Å²) in [7, 11) is 0. The molecule has 0 aliphatic heterocycles. The van der Waals surface area contributed by atoms with Crippen LogP contribution in [0.15, 0.2) is 47.2 Å². The van der Waals surface area contributed by atoms with E-state index in [1.807, 2.05) is 22.9 Å². The van der Waals surface area contributed by atoms with E-state index in [9.17, 15) is 9.90 Å². The van der Waals surface area contributed by atoms with Gasteiger partial charge in [-0.2, -0.15) is 0 Å². The number of phenolic OH excluding ortho intramolecular Hbond substituents is 1. The number of phenols is 1. The molecular formula is C15H12N2O2S2. The van der Waals surface area contributed by atoms with Gasteiger partial charge in [0.2, 0.25) is 5.91 Å². The molecule has 0 saturated heterocycles. The number of amides is 1. The molecule has 106 valence electrons. The normalized spacial score (nSPS) is 10.5. The minimum absolute atomic E-state index is 0.0587. The number of anilines is 1. The fourth-order valence-corrected chi connectivity index (χ4v) is 3.47. The maximum atomic E-state index is 12.0. The van der Waals surface area contributed by atoms with Gasteiger partial charge in [0.05, 0.1) is 22.7 Å². The lowest BCUT2D eigenvalue weighted by Gasteiger charge is -2.05. The topological polar surface area (TPSA) is 62.2 Å². The van der Waals surface area contributed by atoms with E-state index in [0.717, 1.165) is 15.6 Å². The number of para-hydroxylation sites is 2. The third kappa shape index (κ3) is 3.29. The Bertz CT molecular complexity index is 751. The monoisotopic (exact) mass is 316 g/mol. The average Bonchev–Trinajstić information content (AvgIpc) is 3.12. The number of benzene rings is 1. The number of thiophene rings is 1. The second kappa shape index (κ2) is 6.07. The van der Waals surface area contributed by atoms with Gasteiger partial charge in [-0.05, 0) is 23.6 Å². The Labute approximate surface area is 129 Å². The minimum Gasteiger partial charge on any atom is -0.506 e. The predicted octanol–water partition coefficient (Wildman–Crippen LogP) is 3.76. The van der Waals surface area contributed by atoms with Gasteiger partial charge < -0.3 is 10.4 Å². The van der Waals surface area contributed by atoms with Gasteiger partial charge in [-0.1, -0.05) is 18.2 Å². The second-order valence-corrected chi connectivity index (χ2v) is 6.17. The van der Waals surface area contributed by atoms with E-state index in [2.05, 4.69) is 10.3 Å². The summed E-state index contributed by atoms with van der Waals surface area (Å²) in [5.41, 5.74) is 1.15. The van der Waals surface area contributed by atoms with Crippen LogP contribution in [0.4, 0.5) is 5.69 Å². The SMILES string of the molecule is O=C(Cc1csc(-c2cccs2)n1)Nc1ccccc1O. The van der Waals surface area contributed by atoms with E-state index in [1.165, 1.54) is 17.4 Å². The highest BCUT2D eigenvalue weighted by Crippen LogP contribution is 2.28. The van der Waals surface area contributed by atoms with Gasteiger partial charge in [0, 0.05) is 5.38 Å². The number of nitrogens with one attached hydrogen (secondary N) is 1. The maximum Gasteiger partial charge on any atom is 0.230 e. The summed E-state index contributed by atoms with van der Waals surface area (Å²) >= 11 is 3.16. The maximum absolute atomic E-state index is 12.0. The van der Waals surface area contributed by atoms with Gasteiger partial charge in [0.1, 0.15) is 10.8 Å². The summed E-state index contributed by atoms with van der Waals surface area (Å²) in [6.07, 6.45) is 0.191. The zero-order valence-electron chi connectivity index (χ0n) is 10.9. The lowest BCUT2D eigenvalue weighted by molar-refractivity contribution is -0.115. The van der Waals surface area contributed by atoms with Crippen molar-refractivity contribution in [2.75, 3.05) is 5.32 Å². The fourth-order valence-electron chi connectivity index (χ4n) is 1.84. The van der Waals surface area contributed by atoms with Crippen LogP contribution in [0.5, 0.6) is 5.75 Å². The van der Waals surface area contributed by atoms with Crippen LogP contribution in [0.2, 0.25) is 0 Å². The van der Waals surface area contributed by atoms with Crippen molar-refractivity contribution in [2.45, 2.75) is 6.42 Å². The first kappa shape index (κ1) is 13.8. The first-order valence-electron chi connectivity index (χ1n) is 6.28. The predicted molar refractivity (Wildman–Crippen MR) is 85.9 cm³/mol. The number of aromatic nitrogens is 1. The van der Waals surface area contributed by atoms with E-state index in [0.29, 0.717) is 5.69 Å². The Morgan fingerprint density at radius 3 is 2.81 bits per heavy atom. The van der Waals surface area contributed by atoms with Crippen LogP contribution in [0.1, 0.15) is 5.69 Å². The van der Waals surface area contributed by atoms with Gasteiger partial charge in [-0.3, -0.25) is 4.79 Å². The molecule has 3 aromatic rings. The van der Waals surface area contributed by atoms with Crippen molar-refractivity contribution in [3.8, 4) is 15.6 Å². The summed E-state index contributed by atoms with van der Waals surface area (Å²) < 4.78 is 0. The molecule has 1 aromatic carbocycles. The molecule has 6 heteroatoms. The largest absolute Gasteiger partial charge is 0.506 e. The number of hydrogen-bond acceptors (Lipinski definition) is 5. The molecule has 2 heterocycles. The number of carbonyl (C=O) groups excluding carboxylic acids is 1. The molecule has 0 bridgehead atoms. The Morgan fingerprint density at radius 2 is 2.05 bits per heavy atom. The molecule has 0 fully saturated rings. The lowest BCUT2D eigenvalue weighted by Crippen LogP contribution is -2.14. The van der Waals surface area contributed by atoms with Crippen molar-refractivity contribution < 1.29 is 9.90 Å². The molecule has 0 atom stereocenters. The number of aromatic hydroxyl groups is 1. The Kier molecular flexibility index (Phi) is 3.98.